The molecule has 2 aromatic rings. The third-order valence-corrected chi connectivity index (χ3v) is 5.59. The van der Waals surface area contributed by atoms with Crippen LogP contribution in [-0.2, 0) is 4.79 Å². The molecule has 0 radical (unpaired) electrons. The third kappa shape index (κ3) is 7.83. The first kappa shape index (κ1) is 25.1. The maximum atomic E-state index is 10.7. The molecule has 0 spiro atoms. The summed E-state index contributed by atoms with van der Waals surface area (Å²) in [5.41, 5.74) is 3.42. The number of aliphatic carboxylic acids is 1. The van der Waals surface area contributed by atoms with Gasteiger partial charge in [0, 0.05) is 11.8 Å². The second kappa shape index (κ2) is 12.7. The lowest BCUT2D eigenvalue weighted by atomic mass is 9.84. The van der Waals surface area contributed by atoms with Gasteiger partial charge < -0.3 is 14.6 Å². The van der Waals surface area contributed by atoms with Gasteiger partial charge in [-0.2, -0.15) is 0 Å². The summed E-state index contributed by atoms with van der Waals surface area (Å²) in [5, 5.41) is 8.79. The highest BCUT2D eigenvalue weighted by Crippen LogP contribution is 2.33. The highest BCUT2D eigenvalue weighted by atomic mass is 16.5. The molecule has 2 unspecified atom stereocenters. The van der Waals surface area contributed by atoms with E-state index < -0.39 is 5.97 Å². The van der Waals surface area contributed by atoms with E-state index in [1.807, 2.05) is 39.2 Å². The number of hydrogen-bond acceptors (Lipinski definition) is 4. The molecule has 0 saturated heterocycles. The zero-order valence-electron chi connectivity index (χ0n) is 20.2. The van der Waals surface area contributed by atoms with Crippen molar-refractivity contribution in [1.29, 1.82) is 0 Å². The average molecular weight is 460 g/mol. The highest BCUT2D eigenvalue weighted by molar-refractivity contribution is 5.68. The number of ether oxygens (including phenoxy) is 2. The van der Waals surface area contributed by atoms with Crippen molar-refractivity contribution in [2.24, 2.45) is 5.92 Å². The van der Waals surface area contributed by atoms with Crippen molar-refractivity contribution in [2.75, 3.05) is 33.9 Å². The Morgan fingerprint density at radius 1 is 1.18 bits per heavy atom. The zero-order valence-corrected chi connectivity index (χ0v) is 20.2. The fraction of sp³-hybridized carbons (Fsp3) is 0.345. The molecule has 2 aromatic carbocycles. The van der Waals surface area contributed by atoms with Crippen LogP contribution in [0.1, 0.15) is 29.9 Å². The topological polar surface area (TPSA) is 59.0 Å². The van der Waals surface area contributed by atoms with E-state index in [0.717, 1.165) is 30.7 Å². The second-order valence-corrected chi connectivity index (χ2v) is 8.67. The van der Waals surface area contributed by atoms with Crippen LogP contribution < -0.4 is 9.47 Å². The number of carbonyl (C=O) groups is 1. The van der Waals surface area contributed by atoms with Crippen LogP contribution >= 0.6 is 0 Å². The minimum Gasteiger partial charge on any atom is -0.494 e. The van der Waals surface area contributed by atoms with E-state index in [4.69, 9.17) is 14.6 Å². The summed E-state index contributed by atoms with van der Waals surface area (Å²) in [7, 11) is 4.05. The van der Waals surface area contributed by atoms with Crippen LogP contribution in [0.15, 0.2) is 72.3 Å². The van der Waals surface area contributed by atoms with E-state index in [-0.39, 0.29) is 18.4 Å². The van der Waals surface area contributed by atoms with E-state index in [9.17, 15) is 4.79 Å². The van der Waals surface area contributed by atoms with Gasteiger partial charge in [-0.05, 0) is 68.8 Å². The summed E-state index contributed by atoms with van der Waals surface area (Å²) in [6, 6.07) is 16.0. The van der Waals surface area contributed by atoms with Crippen molar-refractivity contribution >= 4 is 5.97 Å². The number of aryl methyl sites for hydroxylation is 1. The average Bonchev–Trinajstić information content (AvgIpc) is 2.82. The van der Waals surface area contributed by atoms with Gasteiger partial charge in [0.05, 0.1) is 13.2 Å². The molecular weight excluding hydrogens is 426 g/mol. The summed E-state index contributed by atoms with van der Waals surface area (Å²) in [4.78, 5) is 12.8. The smallest absolute Gasteiger partial charge is 0.341 e. The first-order valence-electron chi connectivity index (χ1n) is 11.6. The van der Waals surface area contributed by atoms with Crippen LogP contribution in [0.4, 0.5) is 0 Å². The van der Waals surface area contributed by atoms with Crippen LogP contribution in [0.25, 0.3) is 0 Å². The Kier molecular flexibility index (Phi) is 9.37. The quantitative estimate of drug-likeness (QED) is 0.502. The third-order valence-electron chi connectivity index (χ3n) is 5.59. The van der Waals surface area contributed by atoms with Gasteiger partial charge in [0.1, 0.15) is 11.5 Å². The Labute approximate surface area is 202 Å². The molecule has 0 fully saturated rings. The lowest BCUT2D eigenvalue weighted by Gasteiger charge is -2.22. The van der Waals surface area contributed by atoms with Crippen LogP contribution in [-0.4, -0.2) is 49.8 Å². The van der Waals surface area contributed by atoms with Gasteiger partial charge in [0.2, 0.25) is 0 Å². The van der Waals surface area contributed by atoms with Crippen LogP contribution in [0.5, 0.6) is 11.5 Å². The summed E-state index contributed by atoms with van der Waals surface area (Å²) in [5.74, 6) is 7.41. The van der Waals surface area contributed by atoms with Gasteiger partial charge in [-0.1, -0.05) is 60.4 Å². The Morgan fingerprint density at radius 2 is 1.97 bits per heavy atom. The maximum Gasteiger partial charge on any atom is 0.341 e. The predicted octanol–water partition coefficient (Wildman–Crippen LogP) is 5.08. The number of nitrogens with zero attached hydrogens (tertiary/aromatic N) is 1. The van der Waals surface area contributed by atoms with E-state index >= 15 is 0 Å². The van der Waals surface area contributed by atoms with Crippen molar-refractivity contribution in [3.63, 3.8) is 0 Å². The molecule has 0 aromatic heterocycles. The van der Waals surface area contributed by atoms with Crippen LogP contribution in [0.3, 0.4) is 0 Å². The normalized spacial score (nSPS) is 15.8. The van der Waals surface area contributed by atoms with Gasteiger partial charge in [-0.25, -0.2) is 4.79 Å². The lowest BCUT2D eigenvalue weighted by Crippen LogP contribution is -2.12. The summed E-state index contributed by atoms with van der Waals surface area (Å²) >= 11 is 0. The van der Waals surface area contributed by atoms with Crippen molar-refractivity contribution in [3.05, 3.63) is 83.5 Å². The number of rotatable bonds is 10. The Morgan fingerprint density at radius 3 is 2.62 bits per heavy atom. The minimum atomic E-state index is -0.996. The molecule has 0 aliphatic heterocycles. The van der Waals surface area contributed by atoms with Crippen molar-refractivity contribution in [1.82, 2.24) is 4.90 Å². The van der Waals surface area contributed by atoms with E-state index in [0.29, 0.717) is 12.4 Å². The fourth-order valence-corrected chi connectivity index (χ4v) is 3.86. The summed E-state index contributed by atoms with van der Waals surface area (Å²) in [6.45, 7) is 2.86. The van der Waals surface area contributed by atoms with E-state index in [2.05, 4.69) is 59.2 Å². The summed E-state index contributed by atoms with van der Waals surface area (Å²) in [6.07, 6.45) is 8.51. The van der Waals surface area contributed by atoms with Crippen LogP contribution in [0.2, 0.25) is 0 Å². The van der Waals surface area contributed by atoms with Crippen molar-refractivity contribution in [2.45, 2.75) is 25.7 Å². The predicted molar refractivity (Wildman–Crippen MR) is 135 cm³/mol. The molecular formula is C29H33NO4. The van der Waals surface area contributed by atoms with Crippen molar-refractivity contribution < 1.29 is 19.4 Å². The van der Waals surface area contributed by atoms with Gasteiger partial charge in [-0.15, -0.1) is 0 Å². The molecule has 178 valence electrons. The molecule has 5 heteroatoms. The van der Waals surface area contributed by atoms with Crippen LogP contribution in [0, 0.1) is 24.7 Å². The maximum absolute atomic E-state index is 10.7. The van der Waals surface area contributed by atoms with Crippen molar-refractivity contribution in [3.8, 4) is 23.3 Å². The number of allylic oxidation sites excluding steroid dienone is 4. The molecule has 5 nitrogen and oxygen atoms in total. The standard InChI is InChI=1S/C29H33NO4/c1-22-20-26(15-16-28(22)34-21-29(31)32)33-19-17-27(24-9-5-4-6-10-24)25-13-11-23(12-14-25)8-7-18-30(2)3/h4-6,9-11,13-16,20,23,27H,12,17-19,21H2,1-3H3,(H,31,32). The summed E-state index contributed by atoms with van der Waals surface area (Å²) < 4.78 is 11.4. The number of benzene rings is 2. The monoisotopic (exact) mass is 459 g/mol. The Balaban J connectivity index is 1.63. The van der Waals surface area contributed by atoms with E-state index in [1.54, 1.807) is 6.07 Å². The first-order valence-corrected chi connectivity index (χ1v) is 11.6. The van der Waals surface area contributed by atoms with Gasteiger partial charge in [0.15, 0.2) is 6.61 Å². The highest BCUT2D eigenvalue weighted by Gasteiger charge is 2.18. The molecule has 0 heterocycles. The van der Waals surface area contributed by atoms with Gasteiger partial charge in [-0.3, -0.25) is 4.90 Å². The molecule has 1 N–H and O–H groups in total. The zero-order chi connectivity index (χ0) is 24.3. The molecule has 0 saturated carbocycles. The fourth-order valence-electron chi connectivity index (χ4n) is 3.86. The number of carboxylic acids is 1. The molecule has 34 heavy (non-hydrogen) atoms. The largest absolute Gasteiger partial charge is 0.494 e. The second-order valence-electron chi connectivity index (χ2n) is 8.67. The molecule has 1 aliphatic carbocycles. The molecule has 1 aliphatic rings. The molecule has 0 bridgehead atoms. The number of hydrogen-bond donors (Lipinski definition) is 1. The van der Waals surface area contributed by atoms with Gasteiger partial charge >= 0.3 is 5.97 Å². The minimum absolute atomic E-state index is 0.243. The first-order chi connectivity index (χ1) is 16.4. The van der Waals surface area contributed by atoms with Gasteiger partial charge in [0.25, 0.3) is 0 Å². The molecule has 3 rings (SSSR count). The SMILES string of the molecule is Cc1cc(OCCC(C2=CCC(C#CCN(C)C)C=C2)c2ccccc2)ccc1OCC(=O)O. The lowest BCUT2D eigenvalue weighted by molar-refractivity contribution is -0.139. The molecule has 0 amide bonds. The Hall–Kier alpha value is -3.49. The number of carboxylic acid groups (broad SMARTS) is 1. The van der Waals surface area contributed by atoms with E-state index in [1.165, 1.54) is 11.1 Å². The molecule has 2 atom stereocenters. The Bertz CT molecular complexity index is 1080.